The van der Waals surface area contributed by atoms with Gasteiger partial charge in [0.05, 0.1) is 0 Å². The fourth-order valence-corrected chi connectivity index (χ4v) is 2.71. The second-order valence-electron chi connectivity index (χ2n) is 5.39. The van der Waals surface area contributed by atoms with E-state index < -0.39 is 0 Å². The van der Waals surface area contributed by atoms with E-state index in [-0.39, 0.29) is 11.7 Å². The number of anilines is 1. The topological polar surface area (TPSA) is 46.2 Å². The maximum absolute atomic E-state index is 12.2. The smallest absolute Gasteiger partial charge is 0.221 e. The predicted molar refractivity (Wildman–Crippen MR) is 76.3 cm³/mol. The Balaban J connectivity index is 1.93. The van der Waals surface area contributed by atoms with E-state index in [1.807, 2.05) is 0 Å². The van der Waals surface area contributed by atoms with Crippen molar-refractivity contribution in [1.29, 1.82) is 0 Å². The molecular formula is C16H21NO2. The van der Waals surface area contributed by atoms with Crippen LogP contribution in [0.15, 0.2) is 24.3 Å². The number of ketones is 1. The quantitative estimate of drug-likeness (QED) is 0.836. The number of carbonyl (C=O) groups excluding carboxylic acids is 2. The van der Waals surface area contributed by atoms with Crippen LogP contribution in [-0.2, 0) is 4.79 Å². The highest BCUT2D eigenvalue weighted by Gasteiger charge is 2.17. The van der Waals surface area contributed by atoms with Crippen LogP contribution in [0.4, 0.5) is 5.69 Å². The normalized spacial score (nSPS) is 16.1. The minimum Gasteiger partial charge on any atom is -0.326 e. The molecule has 0 unspecified atom stereocenters. The van der Waals surface area contributed by atoms with E-state index >= 15 is 0 Å². The molecule has 1 aliphatic rings. The standard InChI is InChI=1S/C16H21NO2/c1-12(18)17-15-9-7-14(8-10-15)16(19)11-13-5-3-2-4-6-13/h7-10,13H,2-6,11H2,1H3,(H,17,18). The first kappa shape index (κ1) is 13.8. The molecule has 19 heavy (non-hydrogen) atoms. The second kappa shape index (κ2) is 6.50. The third kappa shape index (κ3) is 4.19. The van der Waals surface area contributed by atoms with E-state index in [1.165, 1.54) is 39.0 Å². The van der Waals surface area contributed by atoms with E-state index in [0.29, 0.717) is 12.3 Å². The van der Waals surface area contributed by atoms with Gasteiger partial charge in [-0.15, -0.1) is 0 Å². The number of Topliss-reactive ketones (excluding diaryl/α,β-unsaturated/α-hetero) is 1. The number of nitrogens with one attached hydrogen (secondary N) is 1. The van der Waals surface area contributed by atoms with Crippen molar-refractivity contribution in [2.45, 2.75) is 45.4 Å². The Morgan fingerprint density at radius 3 is 2.32 bits per heavy atom. The minimum atomic E-state index is -0.0960. The van der Waals surface area contributed by atoms with Crippen molar-refractivity contribution < 1.29 is 9.59 Å². The first-order valence-corrected chi connectivity index (χ1v) is 7.06. The van der Waals surface area contributed by atoms with Crippen molar-refractivity contribution in [3.63, 3.8) is 0 Å². The lowest BCUT2D eigenvalue weighted by molar-refractivity contribution is -0.114. The number of hydrogen-bond acceptors (Lipinski definition) is 2. The van der Waals surface area contributed by atoms with Gasteiger partial charge in [-0.25, -0.2) is 0 Å². The Morgan fingerprint density at radius 2 is 1.74 bits per heavy atom. The molecule has 1 amide bonds. The highest BCUT2D eigenvalue weighted by molar-refractivity contribution is 5.97. The molecule has 0 spiro atoms. The number of rotatable bonds is 4. The molecule has 0 bridgehead atoms. The van der Waals surface area contributed by atoms with Gasteiger partial charge >= 0.3 is 0 Å². The van der Waals surface area contributed by atoms with Gasteiger partial charge in [-0.2, -0.15) is 0 Å². The summed E-state index contributed by atoms with van der Waals surface area (Å²) >= 11 is 0. The monoisotopic (exact) mass is 259 g/mol. The molecule has 3 nitrogen and oxygen atoms in total. The van der Waals surface area contributed by atoms with Gasteiger partial charge in [0, 0.05) is 24.6 Å². The van der Waals surface area contributed by atoms with Gasteiger partial charge in [-0.3, -0.25) is 9.59 Å². The predicted octanol–water partition coefficient (Wildman–Crippen LogP) is 3.80. The van der Waals surface area contributed by atoms with Gasteiger partial charge in [0.1, 0.15) is 0 Å². The number of carbonyl (C=O) groups is 2. The largest absolute Gasteiger partial charge is 0.326 e. The maximum Gasteiger partial charge on any atom is 0.221 e. The number of amides is 1. The first-order chi connectivity index (χ1) is 9.15. The van der Waals surface area contributed by atoms with Crippen LogP contribution in [0, 0.1) is 5.92 Å². The fraction of sp³-hybridized carbons (Fsp3) is 0.500. The van der Waals surface area contributed by atoms with E-state index in [2.05, 4.69) is 5.32 Å². The van der Waals surface area contributed by atoms with Gasteiger partial charge in [-0.1, -0.05) is 32.1 Å². The van der Waals surface area contributed by atoms with Crippen LogP contribution in [-0.4, -0.2) is 11.7 Å². The zero-order valence-electron chi connectivity index (χ0n) is 11.4. The van der Waals surface area contributed by atoms with Crippen LogP contribution in [0.2, 0.25) is 0 Å². The molecule has 1 saturated carbocycles. The molecule has 1 fully saturated rings. The summed E-state index contributed by atoms with van der Waals surface area (Å²) < 4.78 is 0. The molecule has 0 saturated heterocycles. The molecule has 2 rings (SSSR count). The second-order valence-corrected chi connectivity index (χ2v) is 5.39. The van der Waals surface area contributed by atoms with Gasteiger partial charge in [0.15, 0.2) is 5.78 Å². The van der Waals surface area contributed by atoms with Crippen molar-refractivity contribution in [1.82, 2.24) is 0 Å². The van der Waals surface area contributed by atoms with E-state index in [0.717, 1.165) is 11.3 Å². The van der Waals surface area contributed by atoms with Crippen LogP contribution in [0.1, 0.15) is 55.8 Å². The lowest BCUT2D eigenvalue weighted by atomic mass is 9.85. The summed E-state index contributed by atoms with van der Waals surface area (Å²) in [6.45, 7) is 1.47. The SMILES string of the molecule is CC(=O)Nc1ccc(C(=O)CC2CCCCC2)cc1. The Kier molecular flexibility index (Phi) is 4.72. The summed E-state index contributed by atoms with van der Waals surface area (Å²) in [5, 5.41) is 2.70. The fourth-order valence-electron chi connectivity index (χ4n) is 2.71. The van der Waals surface area contributed by atoms with E-state index in [4.69, 9.17) is 0 Å². The summed E-state index contributed by atoms with van der Waals surface area (Å²) in [5.41, 5.74) is 1.49. The van der Waals surface area contributed by atoms with Crippen LogP contribution in [0.3, 0.4) is 0 Å². The van der Waals surface area contributed by atoms with Crippen LogP contribution in [0.5, 0.6) is 0 Å². The molecule has 102 valence electrons. The maximum atomic E-state index is 12.2. The van der Waals surface area contributed by atoms with Crippen molar-refractivity contribution in [2.24, 2.45) is 5.92 Å². The van der Waals surface area contributed by atoms with Crippen LogP contribution >= 0.6 is 0 Å². The van der Waals surface area contributed by atoms with E-state index in [9.17, 15) is 9.59 Å². The van der Waals surface area contributed by atoms with E-state index in [1.54, 1.807) is 24.3 Å². The zero-order chi connectivity index (χ0) is 13.7. The summed E-state index contributed by atoms with van der Waals surface area (Å²) in [6, 6.07) is 7.18. The summed E-state index contributed by atoms with van der Waals surface area (Å²) in [4.78, 5) is 23.1. The summed E-state index contributed by atoms with van der Waals surface area (Å²) in [6.07, 6.45) is 6.89. The van der Waals surface area contributed by atoms with Gasteiger partial charge in [0.25, 0.3) is 0 Å². The molecule has 0 aliphatic heterocycles. The van der Waals surface area contributed by atoms with Crippen LogP contribution < -0.4 is 5.32 Å². The van der Waals surface area contributed by atoms with Gasteiger partial charge in [0.2, 0.25) is 5.91 Å². The Labute approximate surface area is 114 Å². The Morgan fingerprint density at radius 1 is 1.11 bits per heavy atom. The number of hydrogen-bond donors (Lipinski definition) is 1. The first-order valence-electron chi connectivity index (χ1n) is 7.06. The molecular weight excluding hydrogens is 238 g/mol. The lowest BCUT2D eigenvalue weighted by Gasteiger charge is -2.20. The molecule has 0 heterocycles. The summed E-state index contributed by atoms with van der Waals surface area (Å²) in [5.74, 6) is 0.693. The molecule has 1 N–H and O–H groups in total. The Bertz CT molecular complexity index is 444. The molecule has 0 atom stereocenters. The van der Waals surface area contributed by atoms with Crippen molar-refractivity contribution in [3.05, 3.63) is 29.8 Å². The minimum absolute atomic E-state index is 0.0960. The number of benzene rings is 1. The van der Waals surface area contributed by atoms with Gasteiger partial charge < -0.3 is 5.32 Å². The summed E-state index contributed by atoms with van der Waals surface area (Å²) in [7, 11) is 0. The molecule has 1 aromatic rings. The third-order valence-electron chi connectivity index (χ3n) is 3.73. The molecule has 1 aromatic carbocycles. The van der Waals surface area contributed by atoms with Crippen molar-refractivity contribution in [3.8, 4) is 0 Å². The lowest BCUT2D eigenvalue weighted by Crippen LogP contribution is -2.12. The molecule has 0 radical (unpaired) electrons. The van der Waals surface area contributed by atoms with Crippen LogP contribution in [0.25, 0.3) is 0 Å². The highest BCUT2D eigenvalue weighted by Crippen LogP contribution is 2.27. The third-order valence-corrected chi connectivity index (χ3v) is 3.73. The molecule has 0 aromatic heterocycles. The zero-order valence-corrected chi connectivity index (χ0v) is 11.4. The van der Waals surface area contributed by atoms with Crippen molar-refractivity contribution in [2.75, 3.05) is 5.32 Å². The average molecular weight is 259 g/mol. The average Bonchev–Trinajstić information content (AvgIpc) is 2.40. The van der Waals surface area contributed by atoms with Crippen molar-refractivity contribution >= 4 is 17.4 Å². The Hall–Kier alpha value is -1.64. The molecule has 3 heteroatoms. The highest BCUT2D eigenvalue weighted by atomic mass is 16.1. The molecule has 1 aliphatic carbocycles. The van der Waals surface area contributed by atoms with Gasteiger partial charge in [-0.05, 0) is 30.2 Å².